The number of non-ortho nitro benzene ring substituents is 1. The van der Waals surface area contributed by atoms with Gasteiger partial charge in [-0.1, -0.05) is 29.8 Å². The number of nitro groups is 2. The van der Waals surface area contributed by atoms with Crippen molar-refractivity contribution in [1.29, 1.82) is 0 Å². The van der Waals surface area contributed by atoms with E-state index in [4.69, 9.17) is 9.47 Å². The minimum Gasteiger partial charge on any atom is -0.422 e. The third-order valence-corrected chi connectivity index (χ3v) is 4.11. The number of cyclic esters (lactones) is 1. The zero-order chi connectivity index (χ0) is 22.0. The number of benzene rings is 2. The Bertz CT molecular complexity index is 1150. The number of rotatable bonds is 5. The first-order chi connectivity index (χ1) is 14.2. The summed E-state index contributed by atoms with van der Waals surface area (Å²) in [5.74, 6) is -1.87. The summed E-state index contributed by atoms with van der Waals surface area (Å²) in [7, 11) is 0. The molecule has 3 rings (SSSR count). The zero-order valence-electron chi connectivity index (χ0n) is 15.8. The van der Waals surface area contributed by atoms with Crippen LogP contribution in [0.15, 0.2) is 48.0 Å². The predicted molar refractivity (Wildman–Crippen MR) is 104 cm³/mol. The van der Waals surface area contributed by atoms with Crippen LogP contribution in [0.25, 0.3) is 11.8 Å². The highest BCUT2D eigenvalue weighted by Crippen LogP contribution is 2.38. The maximum atomic E-state index is 12.3. The highest BCUT2D eigenvalue weighted by Gasteiger charge is 2.28. The van der Waals surface area contributed by atoms with Gasteiger partial charge in [-0.05, 0) is 19.1 Å². The van der Waals surface area contributed by atoms with E-state index in [0.717, 1.165) is 24.6 Å². The third-order valence-electron chi connectivity index (χ3n) is 4.11. The van der Waals surface area contributed by atoms with Gasteiger partial charge < -0.3 is 9.47 Å². The van der Waals surface area contributed by atoms with Gasteiger partial charge in [0.05, 0.1) is 21.5 Å². The second-order valence-corrected chi connectivity index (χ2v) is 6.35. The summed E-state index contributed by atoms with van der Waals surface area (Å²) >= 11 is 0. The lowest BCUT2D eigenvalue weighted by Crippen LogP contribution is -2.07. The van der Waals surface area contributed by atoms with Crippen LogP contribution in [0.5, 0.6) is 5.75 Å². The second-order valence-electron chi connectivity index (χ2n) is 6.35. The topological polar surface area (TPSA) is 139 Å². The van der Waals surface area contributed by atoms with Crippen LogP contribution in [0.1, 0.15) is 23.6 Å². The van der Waals surface area contributed by atoms with E-state index >= 15 is 0 Å². The van der Waals surface area contributed by atoms with E-state index in [1.54, 1.807) is 12.1 Å². The molecule has 10 heteroatoms. The standard InChI is InChI=1S/C20H14N2O8/c1-11-3-5-13(6-4-11)18-9-15(20(24)30-18)7-14-8-16(21(25)26)10-17(22(27)28)19(14)29-12(2)23/h3-10H,1-2H3/b15-7+. The lowest BCUT2D eigenvalue weighted by Gasteiger charge is -2.07. The van der Waals surface area contributed by atoms with Crippen molar-refractivity contribution in [2.75, 3.05) is 0 Å². The van der Waals surface area contributed by atoms with Gasteiger partial charge in [-0.2, -0.15) is 0 Å². The van der Waals surface area contributed by atoms with Gasteiger partial charge in [0.2, 0.25) is 5.75 Å². The molecule has 10 nitrogen and oxygen atoms in total. The molecule has 2 aromatic rings. The first-order valence-corrected chi connectivity index (χ1v) is 8.53. The summed E-state index contributed by atoms with van der Waals surface area (Å²) in [6.45, 7) is 2.93. The number of hydrogen-bond acceptors (Lipinski definition) is 8. The molecule has 152 valence electrons. The molecule has 0 aliphatic carbocycles. The Morgan fingerprint density at radius 3 is 2.33 bits per heavy atom. The van der Waals surface area contributed by atoms with Crippen LogP contribution in [-0.4, -0.2) is 21.8 Å². The average Bonchev–Trinajstić information content (AvgIpc) is 3.03. The first-order valence-electron chi connectivity index (χ1n) is 8.53. The van der Waals surface area contributed by atoms with Crippen LogP contribution in [0.2, 0.25) is 0 Å². The molecule has 0 unspecified atom stereocenters. The molecule has 0 atom stereocenters. The molecule has 0 saturated carbocycles. The van der Waals surface area contributed by atoms with E-state index in [-0.39, 0.29) is 16.9 Å². The number of hydrogen-bond donors (Lipinski definition) is 0. The molecule has 1 aliphatic heterocycles. The lowest BCUT2D eigenvalue weighted by atomic mass is 10.1. The maximum absolute atomic E-state index is 12.3. The highest BCUT2D eigenvalue weighted by atomic mass is 16.6. The summed E-state index contributed by atoms with van der Waals surface area (Å²) in [5.41, 5.74) is 0.0593. The maximum Gasteiger partial charge on any atom is 0.343 e. The molecule has 2 aromatic carbocycles. The minimum atomic E-state index is -0.909. The summed E-state index contributed by atoms with van der Waals surface area (Å²) in [6, 6.07) is 8.81. The molecule has 0 aromatic heterocycles. The number of nitro benzene ring substituents is 2. The molecule has 0 bridgehead atoms. The fourth-order valence-corrected chi connectivity index (χ4v) is 2.74. The highest BCUT2D eigenvalue weighted by molar-refractivity contribution is 6.05. The third kappa shape index (κ3) is 4.22. The molecular formula is C20H14N2O8. The van der Waals surface area contributed by atoms with Gasteiger partial charge in [-0.25, -0.2) is 4.79 Å². The van der Waals surface area contributed by atoms with Crippen molar-refractivity contribution in [1.82, 2.24) is 0 Å². The number of ether oxygens (including phenoxy) is 2. The monoisotopic (exact) mass is 410 g/mol. The van der Waals surface area contributed by atoms with Gasteiger partial charge in [-0.15, -0.1) is 0 Å². The van der Waals surface area contributed by atoms with Crippen LogP contribution < -0.4 is 4.74 Å². The SMILES string of the molecule is CC(=O)Oc1c(/C=C2\C=C(c3ccc(C)cc3)OC2=O)cc([N+](=O)[O-])cc1[N+](=O)[O-]. The summed E-state index contributed by atoms with van der Waals surface area (Å²) in [6.07, 6.45) is 2.54. The van der Waals surface area contributed by atoms with Crippen molar-refractivity contribution >= 4 is 35.1 Å². The van der Waals surface area contributed by atoms with E-state index in [2.05, 4.69) is 0 Å². The van der Waals surface area contributed by atoms with E-state index in [9.17, 15) is 29.8 Å². The van der Waals surface area contributed by atoms with Crippen molar-refractivity contribution in [2.45, 2.75) is 13.8 Å². The molecule has 1 heterocycles. The minimum absolute atomic E-state index is 0.0197. The number of aryl methyl sites for hydroxylation is 1. The van der Waals surface area contributed by atoms with Crippen LogP contribution in [0.4, 0.5) is 11.4 Å². The Hall–Kier alpha value is -4.34. The van der Waals surface area contributed by atoms with Crippen LogP contribution in [0.3, 0.4) is 0 Å². The molecule has 0 spiro atoms. The van der Waals surface area contributed by atoms with Gasteiger partial charge in [0, 0.05) is 24.1 Å². The van der Waals surface area contributed by atoms with Gasteiger partial charge in [-0.3, -0.25) is 25.0 Å². The van der Waals surface area contributed by atoms with Crippen LogP contribution in [-0.2, 0) is 14.3 Å². The Balaban J connectivity index is 2.15. The molecule has 1 aliphatic rings. The molecule has 0 N–H and O–H groups in total. The van der Waals surface area contributed by atoms with Crippen LogP contribution >= 0.6 is 0 Å². The Morgan fingerprint density at radius 1 is 1.10 bits per heavy atom. The van der Waals surface area contributed by atoms with Crippen LogP contribution in [0, 0.1) is 27.2 Å². The largest absolute Gasteiger partial charge is 0.422 e. The Labute approximate surface area is 169 Å². The molecule has 30 heavy (non-hydrogen) atoms. The predicted octanol–water partition coefficient (Wildman–Crippen LogP) is 3.72. The zero-order valence-corrected chi connectivity index (χ0v) is 15.8. The molecule has 0 saturated heterocycles. The Morgan fingerprint density at radius 2 is 1.77 bits per heavy atom. The number of nitrogens with zero attached hydrogens (tertiary/aromatic N) is 2. The molecule has 0 fully saturated rings. The van der Waals surface area contributed by atoms with E-state index < -0.39 is 38.9 Å². The molecular weight excluding hydrogens is 396 g/mol. The Kier molecular flexibility index (Phi) is 5.41. The number of carbonyl (C=O) groups is 2. The van der Waals surface area contributed by atoms with Crippen molar-refractivity contribution in [2.24, 2.45) is 0 Å². The first kappa shape index (κ1) is 20.4. The fourth-order valence-electron chi connectivity index (χ4n) is 2.74. The van der Waals surface area contributed by atoms with Gasteiger partial charge >= 0.3 is 17.6 Å². The lowest BCUT2D eigenvalue weighted by molar-refractivity contribution is -0.394. The number of carbonyl (C=O) groups excluding carboxylic acids is 2. The van der Waals surface area contributed by atoms with Gasteiger partial charge in [0.15, 0.2) is 0 Å². The van der Waals surface area contributed by atoms with Crippen molar-refractivity contribution in [3.8, 4) is 5.75 Å². The van der Waals surface area contributed by atoms with Gasteiger partial charge in [0.1, 0.15) is 5.76 Å². The molecule has 0 radical (unpaired) electrons. The fraction of sp³-hybridized carbons (Fsp3) is 0.100. The number of esters is 2. The quantitative estimate of drug-likeness (QED) is 0.239. The van der Waals surface area contributed by atoms with Gasteiger partial charge in [0.25, 0.3) is 5.69 Å². The summed E-state index contributed by atoms with van der Waals surface area (Å²) in [5, 5.41) is 22.5. The van der Waals surface area contributed by atoms with E-state index in [1.807, 2.05) is 19.1 Å². The van der Waals surface area contributed by atoms with E-state index in [1.165, 1.54) is 6.08 Å². The smallest absolute Gasteiger partial charge is 0.343 e. The second kappa shape index (κ2) is 7.95. The summed E-state index contributed by atoms with van der Waals surface area (Å²) < 4.78 is 10.1. The van der Waals surface area contributed by atoms with Crippen molar-refractivity contribution < 1.29 is 28.9 Å². The van der Waals surface area contributed by atoms with E-state index in [0.29, 0.717) is 11.6 Å². The normalized spacial score (nSPS) is 14.3. The summed E-state index contributed by atoms with van der Waals surface area (Å²) in [4.78, 5) is 44.5. The molecule has 0 amide bonds. The average molecular weight is 410 g/mol. The van der Waals surface area contributed by atoms with Crippen molar-refractivity contribution in [3.63, 3.8) is 0 Å². The van der Waals surface area contributed by atoms with Crippen molar-refractivity contribution in [3.05, 3.63) is 85.0 Å².